The van der Waals surface area contributed by atoms with E-state index in [1.54, 1.807) is 36.4 Å². The highest BCUT2D eigenvalue weighted by Gasteiger charge is 2.40. The number of hydrogen-bond acceptors (Lipinski definition) is 4. The molecule has 3 aromatic carbocycles. The third-order valence-electron chi connectivity index (χ3n) is 5.36. The first kappa shape index (κ1) is 23.9. The van der Waals surface area contributed by atoms with Crippen LogP contribution in [0, 0.1) is 18.3 Å². The zero-order valence-corrected chi connectivity index (χ0v) is 20.4. The summed E-state index contributed by atoms with van der Waals surface area (Å²) in [6, 6.07) is 23.5. The molecule has 3 aromatic rings. The molecule has 0 spiro atoms. The van der Waals surface area contributed by atoms with Crippen molar-refractivity contribution in [2.45, 2.75) is 18.6 Å². The topological polar surface area (TPSA) is 73.2 Å². The Bertz CT molecular complexity index is 1340. The zero-order valence-electron chi connectivity index (χ0n) is 18.1. The van der Waals surface area contributed by atoms with Gasteiger partial charge < -0.3 is 5.32 Å². The average Bonchev–Trinajstić information content (AvgIpc) is 3.14. The van der Waals surface area contributed by atoms with Gasteiger partial charge in [-0.1, -0.05) is 77.4 Å². The lowest BCUT2D eigenvalue weighted by Crippen LogP contribution is -2.31. The Hall–Kier alpha value is -3.24. The number of thioether (sulfide) groups is 1. The van der Waals surface area contributed by atoms with Crippen molar-refractivity contribution in [3.8, 4) is 6.07 Å². The molecule has 1 N–H and O–H groups in total. The van der Waals surface area contributed by atoms with E-state index in [2.05, 4.69) is 5.32 Å². The molecule has 0 aromatic heterocycles. The smallest absolute Gasteiger partial charge is 0.269 e. The number of anilines is 2. The van der Waals surface area contributed by atoms with Crippen LogP contribution in [0.3, 0.4) is 0 Å². The molecule has 4 rings (SSSR count). The molecule has 0 saturated carbocycles. The van der Waals surface area contributed by atoms with Crippen molar-refractivity contribution >= 4 is 58.2 Å². The Morgan fingerprint density at radius 3 is 2.44 bits per heavy atom. The molecular formula is C26H19Cl2N3O2S. The highest BCUT2D eigenvalue weighted by Crippen LogP contribution is 2.42. The van der Waals surface area contributed by atoms with Gasteiger partial charge in [-0.2, -0.15) is 5.26 Å². The molecule has 1 fully saturated rings. The molecule has 1 saturated heterocycles. The van der Waals surface area contributed by atoms with Crippen molar-refractivity contribution < 1.29 is 9.59 Å². The first-order valence-electron chi connectivity index (χ1n) is 10.4. The van der Waals surface area contributed by atoms with Gasteiger partial charge in [-0.05, 0) is 54.8 Å². The van der Waals surface area contributed by atoms with Gasteiger partial charge in [-0.3, -0.25) is 14.5 Å². The molecule has 0 radical (unpaired) electrons. The van der Waals surface area contributed by atoms with Gasteiger partial charge in [-0.25, -0.2) is 0 Å². The Kier molecular flexibility index (Phi) is 7.28. The van der Waals surface area contributed by atoms with Crippen molar-refractivity contribution in [1.82, 2.24) is 0 Å². The first-order valence-corrected chi connectivity index (χ1v) is 12.0. The second-order valence-electron chi connectivity index (χ2n) is 7.62. The third kappa shape index (κ3) is 4.97. The van der Waals surface area contributed by atoms with Crippen LogP contribution < -0.4 is 10.2 Å². The molecule has 0 bridgehead atoms. The van der Waals surface area contributed by atoms with Gasteiger partial charge in [0.05, 0.1) is 15.3 Å². The minimum atomic E-state index is -0.631. The molecule has 1 heterocycles. The molecule has 1 aliphatic rings. The van der Waals surface area contributed by atoms with Crippen molar-refractivity contribution in [3.05, 3.63) is 105 Å². The lowest BCUT2D eigenvalue weighted by molar-refractivity contribution is -0.117. The molecule has 1 atom stereocenters. The fourth-order valence-electron chi connectivity index (χ4n) is 3.61. The molecule has 0 aliphatic carbocycles. The van der Waals surface area contributed by atoms with E-state index in [1.165, 1.54) is 22.7 Å². The summed E-state index contributed by atoms with van der Waals surface area (Å²) >= 11 is 13.2. The minimum absolute atomic E-state index is 0.152. The van der Waals surface area contributed by atoms with Crippen LogP contribution in [0.1, 0.15) is 11.1 Å². The zero-order chi connectivity index (χ0) is 24.2. The fourth-order valence-corrected chi connectivity index (χ4v) is 5.20. The number of halogens is 2. The summed E-state index contributed by atoms with van der Waals surface area (Å²) in [6.07, 6.45) is 0.482. The quantitative estimate of drug-likeness (QED) is 0.321. The van der Waals surface area contributed by atoms with Crippen LogP contribution in [0.5, 0.6) is 0 Å². The number of benzene rings is 3. The molecule has 8 heteroatoms. The number of rotatable bonds is 5. The number of nitrogens with one attached hydrogen (secondary N) is 1. The van der Waals surface area contributed by atoms with Gasteiger partial charge in [0.15, 0.2) is 0 Å². The predicted octanol–water partition coefficient (Wildman–Crippen LogP) is 6.37. The van der Waals surface area contributed by atoms with Crippen molar-refractivity contribution in [2.75, 3.05) is 10.2 Å². The van der Waals surface area contributed by atoms with Crippen LogP contribution in [0.2, 0.25) is 10.0 Å². The van der Waals surface area contributed by atoms with E-state index in [1.807, 2.05) is 43.3 Å². The van der Waals surface area contributed by atoms with Gasteiger partial charge in [0.2, 0.25) is 5.91 Å². The van der Waals surface area contributed by atoms with Gasteiger partial charge in [0.25, 0.3) is 5.91 Å². The maximum Gasteiger partial charge on any atom is 0.269 e. The number of nitrogens with zero attached hydrogens (tertiary/aromatic N) is 2. The maximum atomic E-state index is 13.5. The van der Waals surface area contributed by atoms with Crippen molar-refractivity contribution in [2.24, 2.45) is 0 Å². The van der Waals surface area contributed by atoms with Crippen LogP contribution in [-0.2, 0) is 16.0 Å². The van der Waals surface area contributed by atoms with Crippen molar-refractivity contribution in [3.63, 3.8) is 0 Å². The van der Waals surface area contributed by atoms with Gasteiger partial charge in [0.1, 0.15) is 16.7 Å². The number of para-hydroxylation sites is 1. The molecule has 170 valence electrons. The van der Waals surface area contributed by atoms with Gasteiger partial charge in [-0.15, -0.1) is 0 Å². The maximum absolute atomic E-state index is 13.5. The Balaban J connectivity index is 1.72. The van der Waals surface area contributed by atoms with E-state index in [9.17, 15) is 14.9 Å². The van der Waals surface area contributed by atoms with Gasteiger partial charge >= 0.3 is 0 Å². The lowest BCUT2D eigenvalue weighted by Gasteiger charge is -2.18. The molecular weight excluding hydrogens is 489 g/mol. The Morgan fingerprint density at radius 1 is 1.06 bits per heavy atom. The number of nitriles is 1. The standard InChI is InChI=1S/C26H19Cl2N3O2S/c1-16-7-5-6-8-17(16)13-23-25(33)31(19-9-3-2-4-10-19)26(34-23)20(15-29)24(32)30-18-11-12-21(27)22(28)14-18/h2-12,14,23H,13H2,1H3,(H,30,32)/b26-20-/t23-/m1/s1. The average molecular weight is 508 g/mol. The molecule has 0 unspecified atom stereocenters. The lowest BCUT2D eigenvalue weighted by atomic mass is 10.0. The monoisotopic (exact) mass is 507 g/mol. The second kappa shape index (κ2) is 10.4. The van der Waals surface area contributed by atoms with Crippen molar-refractivity contribution in [1.29, 1.82) is 5.26 Å². The predicted molar refractivity (Wildman–Crippen MR) is 138 cm³/mol. The second-order valence-corrected chi connectivity index (χ2v) is 9.63. The molecule has 5 nitrogen and oxygen atoms in total. The Morgan fingerprint density at radius 2 is 1.76 bits per heavy atom. The number of aryl methyl sites for hydroxylation is 1. The molecule has 2 amide bonds. The number of carbonyl (C=O) groups excluding carboxylic acids is 2. The van der Waals surface area contributed by atoms with Crippen LogP contribution in [-0.4, -0.2) is 17.1 Å². The fraction of sp³-hybridized carbons (Fsp3) is 0.115. The van der Waals surface area contributed by atoms with Crippen LogP contribution >= 0.6 is 35.0 Å². The SMILES string of the molecule is Cc1ccccc1C[C@H]1S/C(=C(/C#N)C(=O)Nc2ccc(Cl)c(Cl)c2)N(c2ccccc2)C1=O. The summed E-state index contributed by atoms with van der Waals surface area (Å²) in [4.78, 5) is 28.1. The number of carbonyl (C=O) groups is 2. The van der Waals surface area contributed by atoms with E-state index < -0.39 is 11.2 Å². The van der Waals surface area contributed by atoms with E-state index in [-0.39, 0.29) is 16.5 Å². The largest absolute Gasteiger partial charge is 0.321 e. The summed E-state index contributed by atoms with van der Waals surface area (Å²) in [5.41, 5.74) is 2.96. The van der Waals surface area contributed by atoms with E-state index in [0.29, 0.717) is 27.8 Å². The highest BCUT2D eigenvalue weighted by molar-refractivity contribution is 8.05. The van der Waals surface area contributed by atoms with Crippen LogP contribution in [0.4, 0.5) is 11.4 Å². The van der Waals surface area contributed by atoms with Crippen LogP contribution in [0.15, 0.2) is 83.4 Å². The number of hydrogen-bond donors (Lipinski definition) is 1. The summed E-state index contributed by atoms with van der Waals surface area (Å²) in [6.45, 7) is 2.00. The van der Waals surface area contributed by atoms with E-state index in [0.717, 1.165) is 11.1 Å². The summed E-state index contributed by atoms with van der Waals surface area (Å²) in [7, 11) is 0. The van der Waals surface area contributed by atoms with Gasteiger partial charge in [0, 0.05) is 11.4 Å². The Labute approximate surface area is 212 Å². The number of amides is 2. The normalized spacial score (nSPS) is 16.8. The van der Waals surface area contributed by atoms with E-state index >= 15 is 0 Å². The highest BCUT2D eigenvalue weighted by atomic mass is 35.5. The summed E-state index contributed by atoms with van der Waals surface area (Å²) < 4.78 is 0. The van der Waals surface area contributed by atoms with Crippen LogP contribution in [0.25, 0.3) is 0 Å². The summed E-state index contributed by atoms with van der Waals surface area (Å²) in [5, 5.41) is 13.1. The molecule has 34 heavy (non-hydrogen) atoms. The third-order valence-corrected chi connectivity index (χ3v) is 7.37. The first-order chi connectivity index (χ1) is 16.4. The minimum Gasteiger partial charge on any atom is -0.321 e. The summed E-state index contributed by atoms with van der Waals surface area (Å²) in [5.74, 6) is -0.807. The molecule has 1 aliphatic heterocycles. The van der Waals surface area contributed by atoms with E-state index in [4.69, 9.17) is 23.2 Å².